The molecule has 0 spiro atoms. The first-order valence-corrected chi connectivity index (χ1v) is 9.06. The minimum absolute atomic E-state index is 0.0180. The van der Waals surface area contributed by atoms with Crippen LogP contribution in [0.5, 0.6) is 11.5 Å². The summed E-state index contributed by atoms with van der Waals surface area (Å²) in [4.78, 5) is 0. The first kappa shape index (κ1) is 16.9. The first-order valence-electron chi connectivity index (χ1n) is 9.06. The van der Waals surface area contributed by atoms with E-state index in [2.05, 4.69) is 31.2 Å². The maximum absolute atomic E-state index is 9.94. The zero-order valence-corrected chi connectivity index (χ0v) is 15.0. The van der Waals surface area contributed by atoms with Crippen molar-refractivity contribution in [2.75, 3.05) is 0 Å². The van der Waals surface area contributed by atoms with Gasteiger partial charge >= 0.3 is 0 Å². The molecule has 0 bridgehead atoms. The van der Waals surface area contributed by atoms with Crippen molar-refractivity contribution in [3.63, 3.8) is 0 Å². The van der Waals surface area contributed by atoms with Crippen LogP contribution in [0.2, 0.25) is 0 Å². The summed E-state index contributed by atoms with van der Waals surface area (Å²) in [6.45, 7) is 6.22. The second-order valence-electron chi connectivity index (χ2n) is 7.46. The molecule has 0 aliphatic heterocycles. The molecule has 24 heavy (non-hydrogen) atoms. The molecular weight excluding hydrogens is 296 g/mol. The molecule has 128 valence electrons. The molecule has 2 nitrogen and oxygen atoms in total. The van der Waals surface area contributed by atoms with Crippen LogP contribution in [0.3, 0.4) is 0 Å². The number of hydrogen-bond acceptors (Lipinski definition) is 2. The van der Waals surface area contributed by atoms with E-state index in [1.807, 2.05) is 26.0 Å². The number of hydrogen-bond donors (Lipinski definition) is 2. The first-order chi connectivity index (χ1) is 11.5. The minimum atomic E-state index is -0.0180. The Morgan fingerprint density at radius 2 is 1.50 bits per heavy atom. The lowest BCUT2D eigenvalue weighted by molar-refractivity contribution is 0.251. The Morgan fingerprint density at radius 3 is 1.96 bits per heavy atom. The fourth-order valence-corrected chi connectivity index (χ4v) is 4.34. The number of aromatic hydroxyl groups is 2. The summed E-state index contributed by atoms with van der Waals surface area (Å²) in [6, 6.07) is 12.1. The van der Waals surface area contributed by atoms with E-state index in [1.165, 1.54) is 30.4 Å². The maximum Gasteiger partial charge on any atom is 0.118 e. The predicted molar refractivity (Wildman–Crippen MR) is 98.7 cm³/mol. The van der Waals surface area contributed by atoms with Gasteiger partial charge in [-0.05, 0) is 67.0 Å². The highest BCUT2D eigenvalue weighted by Crippen LogP contribution is 2.48. The zero-order valence-electron chi connectivity index (χ0n) is 15.0. The van der Waals surface area contributed by atoms with Gasteiger partial charge in [0.1, 0.15) is 11.5 Å². The highest BCUT2D eigenvalue weighted by Gasteiger charge is 2.39. The molecule has 2 aromatic carbocycles. The Labute approximate surface area is 145 Å². The van der Waals surface area contributed by atoms with Gasteiger partial charge in [-0.3, -0.25) is 0 Å². The Morgan fingerprint density at radius 1 is 0.958 bits per heavy atom. The lowest BCUT2D eigenvalue weighted by Gasteiger charge is -2.42. The second kappa shape index (κ2) is 6.51. The maximum atomic E-state index is 9.94. The van der Waals surface area contributed by atoms with Crippen molar-refractivity contribution in [1.82, 2.24) is 0 Å². The number of phenolic OH excluding ortho intramolecular Hbond substituents is 2. The van der Waals surface area contributed by atoms with E-state index in [1.54, 1.807) is 0 Å². The lowest BCUT2D eigenvalue weighted by Crippen LogP contribution is -2.34. The smallest absolute Gasteiger partial charge is 0.118 e. The summed E-state index contributed by atoms with van der Waals surface area (Å²) in [7, 11) is 0. The van der Waals surface area contributed by atoms with Gasteiger partial charge in [0, 0.05) is 5.41 Å². The van der Waals surface area contributed by atoms with Crippen molar-refractivity contribution >= 4 is 0 Å². The zero-order chi connectivity index (χ0) is 17.3. The van der Waals surface area contributed by atoms with Crippen molar-refractivity contribution in [2.45, 2.75) is 58.3 Å². The van der Waals surface area contributed by atoms with Crippen molar-refractivity contribution in [3.05, 3.63) is 58.7 Å². The fraction of sp³-hybridized carbons (Fsp3) is 0.455. The Balaban J connectivity index is 2.16. The molecule has 0 amide bonds. The molecule has 1 aliphatic carbocycles. The van der Waals surface area contributed by atoms with Gasteiger partial charge in [-0.15, -0.1) is 0 Å². The third kappa shape index (κ3) is 2.90. The summed E-state index contributed by atoms with van der Waals surface area (Å²) < 4.78 is 0. The summed E-state index contributed by atoms with van der Waals surface area (Å²) >= 11 is 0. The fourth-order valence-electron chi connectivity index (χ4n) is 4.34. The minimum Gasteiger partial charge on any atom is -0.508 e. The topological polar surface area (TPSA) is 40.5 Å². The third-order valence-corrected chi connectivity index (χ3v) is 5.93. The molecule has 1 fully saturated rings. The standard InChI is InChI=1S/C22H28O2/c1-4-17-6-5-11-22(14-17,18-7-9-20(23)15(2)12-18)19-8-10-21(24)16(3)13-19/h7-10,12-13,17,23-24H,4-6,11,14H2,1-3H3. The molecule has 2 aromatic rings. The average Bonchev–Trinajstić information content (AvgIpc) is 2.59. The van der Waals surface area contributed by atoms with E-state index in [0.717, 1.165) is 29.9 Å². The van der Waals surface area contributed by atoms with Gasteiger partial charge in [0.2, 0.25) is 0 Å². The van der Waals surface area contributed by atoms with Crippen molar-refractivity contribution < 1.29 is 10.2 Å². The van der Waals surface area contributed by atoms with Gasteiger partial charge in [-0.2, -0.15) is 0 Å². The molecule has 1 aliphatic rings. The predicted octanol–water partition coefficient (Wildman–Crippen LogP) is 5.60. The third-order valence-electron chi connectivity index (χ3n) is 5.93. The average molecular weight is 324 g/mol. The van der Waals surface area contributed by atoms with E-state index in [0.29, 0.717) is 11.5 Å². The summed E-state index contributed by atoms with van der Waals surface area (Å²) in [6.07, 6.45) is 5.98. The van der Waals surface area contributed by atoms with Crippen LogP contribution in [0.1, 0.15) is 61.3 Å². The van der Waals surface area contributed by atoms with E-state index in [-0.39, 0.29) is 5.41 Å². The largest absolute Gasteiger partial charge is 0.508 e. The number of benzene rings is 2. The summed E-state index contributed by atoms with van der Waals surface area (Å²) in [5.74, 6) is 1.44. The quantitative estimate of drug-likeness (QED) is 0.771. The van der Waals surface area contributed by atoms with Crippen LogP contribution in [-0.2, 0) is 5.41 Å². The van der Waals surface area contributed by atoms with Crippen molar-refractivity contribution in [2.24, 2.45) is 5.92 Å². The molecular formula is C22H28O2. The Bertz CT molecular complexity index is 681. The van der Waals surface area contributed by atoms with Gasteiger partial charge in [0.05, 0.1) is 0 Å². The van der Waals surface area contributed by atoms with Crippen LogP contribution in [0.4, 0.5) is 0 Å². The summed E-state index contributed by atoms with van der Waals surface area (Å²) in [5, 5.41) is 19.9. The van der Waals surface area contributed by atoms with Gasteiger partial charge in [0.15, 0.2) is 0 Å². The monoisotopic (exact) mass is 324 g/mol. The highest BCUT2D eigenvalue weighted by atomic mass is 16.3. The van der Waals surface area contributed by atoms with Crippen LogP contribution in [0, 0.1) is 19.8 Å². The van der Waals surface area contributed by atoms with E-state index in [4.69, 9.17) is 0 Å². The van der Waals surface area contributed by atoms with Gasteiger partial charge in [-0.25, -0.2) is 0 Å². The number of aryl methyl sites for hydroxylation is 2. The molecule has 0 aromatic heterocycles. The van der Waals surface area contributed by atoms with Crippen LogP contribution in [0.25, 0.3) is 0 Å². The van der Waals surface area contributed by atoms with Crippen molar-refractivity contribution in [3.8, 4) is 11.5 Å². The van der Waals surface area contributed by atoms with Crippen LogP contribution in [-0.4, -0.2) is 10.2 Å². The van der Waals surface area contributed by atoms with Crippen molar-refractivity contribution in [1.29, 1.82) is 0 Å². The van der Waals surface area contributed by atoms with E-state index < -0.39 is 0 Å². The molecule has 2 N–H and O–H groups in total. The van der Waals surface area contributed by atoms with Crippen LogP contribution >= 0.6 is 0 Å². The van der Waals surface area contributed by atoms with E-state index in [9.17, 15) is 10.2 Å². The van der Waals surface area contributed by atoms with Gasteiger partial charge in [0.25, 0.3) is 0 Å². The molecule has 0 radical (unpaired) electrons. The highest BCUT2D eigenvalue weighted by molar-refractivity contribution is 5.48. The molecule has 1 saturated carbocycles. The molecule has 0 heterocycles. The molecule has 1 unspecified atom stereocenters. The molecule has 3 rings (SSSR count). The van der Waals surface area contributed by atoms with Crippen LogP contribution in [0.15, 0.2) is 36.4 Å². The summed E-state index contributed by atoms with van der Waals surface area (Å²) in [5.41, 5.74) is 4.43. The number of phenols is 2. The molecule has 2 heteroatoms. The molecule has 0 saturated heterocycles. The van der Waals surface area contributed by atoms with Crippen LogP contribution < -0.4 is 0 Å². The normalized spacial score (nSPS) is 20.0. The van der Waals surface area contributed by atoms with Gasteiger partial charge in [-0.1, -0.05) is 50.5 Å². The Kier molecular flexibility index (Phi) is 4.58. The SMILES string of the molecule is CCC1CCCC(c2ccc(O)c(C)c2)(c2ccc(O)c(C)c2)C1. The Hall–Kier alpha value is -1.96. The molecule has 1 atom stereocenters. The second-order valence-corrected chi connectivity index (χ2v) is 7.46. The van der Waals surface area contributed by atoms with Gasteiger partial charge < -0.3 is 10.2 Å². The lowest BCUT2D eigenvalue weighted by atomic mass is 9.61. The van der Waals surface area contributed by atoms with E-state index >= 15 is 0 Å². The number of rotatable bonds is 3.